The van der Waals surface area contributed by atoms with Gasteiger partial charge in [-0.3, -0.25) is 0 Å². The zero-order valence-electron chi connectivity index (χ0n) is 9.66. The van der Waals surface area contributed by atoms with E-state index >= 15 is 0 Å². The minimum Gasteiger partial charge on any atom is -0.195 e. The van der Waals surface area contributed by atoms with Crippen LogP contribution in [-0.2, 0) is 10.2 Å². The lowest BCUT2D eigenvalue weighted by Gasteiger charge is -2.15. The van der Waals surface area contributed by atoms with Crippen LogP contribution in [0.2, 0.25) is 0 Å². The Morgan fingerprint density at radius 3 is 1.56 bits per heavy atom. The molecule has 2 nitrogen and oxygen atoms in total. The van der Waals surface area contributed by atoms with Crippen LogP contribution in [0.1, 0.15) is 17.0 Å². The summed E-state index contributed by atoms with van der Waals surface area (Å²) < 4.78 is 34.8. The molecule has 0 aromatic heterocycles. The van der Waals surface area contributed by atoms with E-state index in [0.29, 0.717) is 0 Å². The van der Waals surface area contributed by atoms with Crippen LogP contribution in [0.4, 0.5) is 3.89 Å². The Balaban J connectivity index is 2.42. The summed E-state index contributed by atoms with van der Waals surface area (Å²) in [6, 6.07) is 18.2. The van der Waals surface area contributed by atoms with Crippen LogP contribution >= 0.6 is 0 Å². The molecule has 0 bridgehead atoms. The Morgan fingerprint density at radius 1 is 0.833 bits per heavy atom. The molecule has 0 spiro atoms. The van der Waals surface area contributed by atoms with E-state index in [1.165, 1.54) is 0 Å². The van der Waals surface area contributed by atoms with Crippen molar-refractivity contribution in [2.75, 3.05) is 5.75 Å². The molecule has 2 rings (SSSR count). The monoisotopic (exact) mass is 264 g/mol. The normalized spacial score (nSPS) is 11.7. The van der Waals surface area contributed by atoms with Crippen molar-refractivity contribution < 1.29 is 12.3 Å². The summed E-state index contributed by atoms with van der Waals surface area (Å²) in [5, 5.41) is 0. The van der Waals surface area contributed by atoms with Crippen molar-refractivity contribution in [2.24, 2.45) is 0 Å². The highest BCUT2D eigenvalue weighted by Crippen LogP contribution is 2.26. The van der Waals surface area contributed by atoms with E-state index in [9.17, 15) is 12.3 Å². The second-order valence-electron chi connectivity index (χ2n) is 4.08. The van der Waals surface area contributed by atoms with Crippen LogP contribution in [0.25, 0.3) is 0 Å². The molecule has 2 aromatic carbocycles. The number of halogens is 1. The van der Waals surface area contributed by atoms with Crippen molar-refractivity contribution in [1.29, 1.82) is 0 Å². The number of rotatable bonds is 4. The van der Waals surface area contributed by atoms with Crippen LogP contribution in [0.15, 0.2) is 60.7 Å². The van der Waals surface area contributed by atoms with E-state index in [2.05, 4.69) is 0 Å². The molecule has 0 radical (unpaired) electrons. The minimum atomic E-state index is -4.52. The van der Waals surface area contributed by atoms with E-state index in [1.807, 2.05) is 60.7 Å². The standard InChI is InChI=1S/C14H13FO2S/c15-18(16,17)11-14(12-7-3-1-4-8-12)13-9-5-2-6-10-13/h1-10,14H,11H2. The fraction of sp³-hybridized carbons (Fsp3) is 0.143. The lowest BCUT2D eigenvalue weighted by Crippen LogP contribution is -2.12. The maximum atomic E-state index is 13.0. The van der Waals surface area contributed by atoms with Gasteiger partial charge in [-0.05, 0) is 11.1 Å². The van der Waals surface area contributed by atoms with Gasteiger partial charge < -0.3 is 0 Å². The predicted octanol–water partition coefficient (Wildman–Crippen LogP) is 3.12. The highest BCUT2D eigenvalue weighted by atomic mass is 32.3. The molecule has 0 aliphatic rings. The molecule has 0 saturated carbocycles. The first kappa shape index (κ1) is 12.8. The molecule has 18 heavy (non-hydrogen) atoms. The van der Waals surface area contributed by atoms with Crippen LogP contribution in [-0.4, -0.2) is 14.2 Å². The van der Waals surface area contributed by atoms with E-state index in [0.717, 1.165) is 11.1 Å². The average Bonchev–Trinajstić information content (AvgIpc) is 2.37. The van der Waals surface area contributed by atoms with Gasteiger partial charge >= 0.3 is 10.2 Å². The summed E-state index contributed by atoms with van der Waals surface area (Å²) in [5.74, 6) is -0.997. The van der Waals surface area contributed by atoms with Gasteiger partial charge in [0.25, 0.3) is 0 Å². The van der Waals surface area contributed by atoms with Gasteiger partial charge in [0.1, 0.15) is 0 Å². The van der Waals surface area contributed by atoms with E-state index in [-0.39, 0.29) is 0 Å². The zero-order chi connectivity index (χ0) is 13.0. The topological polar surface area (TPSA) is 34.1 Å². The first-order chi connectivity index (χ1) is 8.56. The largest absolute Gasteiger partial charge is 0.303 e. The van der Waals surface area contributed by atoms with Crippen molar-refractivity contribution in [3.63, 3.8) is 0 Å². The van der Waals surface area contributed by atoms with Gasteiger partial charge in [-0.25, -0.2) is 0 Å². The number of hydrogen-bond donors (Lipinski definition) is 0. The van der Waals surface area contributed by atoms with Crippen molar-refractivity contribution in [1.82, 2.24) is 0 Å². The van der Waals surface area contributed by atoms with Crippen LogP contribution in [0, 0.1) is 0 Å². The van der Waals surface area contributed by atoms with Crippen molar-refractivity contribution in [3.8, 4) is 0 Å². The highest BCUT2D eigenvalue weighted by Gasteiger charge is 2.21. The predicted molar refractivity (Wildman–Crippen MR) is 69.6 cm³/mol. The summed E-state index contributed by atoms with van der Waals surface area (Å²) in [6.45, 7) is 0. The van der Waals surface area contributed by atoms with Gasteiger partial charge in [0, 0.05) is 5.92 Å². The van der Waals surface area contributed by atoms with Crippen molar-refractivity contribution >= 4 is 10.2 Å². The smallest absolute Gasteiger partial charge is 0.195 e. The summed E-state index contributed by atoms with van der Waals surface area (Å²) >= 11 is 0. The van der Waals surface area contributed by atoms with E-state index in [1.54, 1.807) is 0 Å². The molecule has 94 valence electrons. The van der Waals surface area contributed by atoms with Gasteiger partial charge in [-0.1, -0.05) is 60.7 Å². The second-order valence-corrected chi connectivity index (χ2v) is 5.49. The van der Waals surface area contributed by atoms with Crippen LogP contribution < -0.4 is 0 Å². The first-order valence-corrected chi connectivity index (χ1v) is 7.14. The Labute approximate surface area is 106 Å². The summed E-state index contributed by atoms with van der Waals surface area (Å²) in [4.78, 5) is 0. The highest BCUT2D eigenvalue weighted by molar-refractivity contribution is 7.86. The molecule has 0 amide bonds. The number of benzene rings is 2. The van der Waals surface area contributed by atoms with E-state index < -0.39 is 21.9 Å². The SMILES string of the molecule is O=S(=O)(F)CC(c1ccccc1)c1ccccc1. The summed E-state index contributed by atoms with van der Waals surface area (Å²) in [6.07, 6.45) is 0. The van der Waals surface area contributed by atoms with Crippen LogP contribution in [0.3, 0.4) is 0 Å². The summed E-state index contributed by atoms with van der Waals surface area (Å²) in [5.41, 5.74) is 1.59. The third-order valence-electron chi connectivity index (χ3n) is 2.77. The number of hydrogen-bond acceptors (Lipinski definition) is 2. The fourth-order valence-corrected chi connectivity index (χ4v) is 2.74. The zero-order valence-corrected chi connectivity index (χ0v) is 10.5. The Morgan fingerprint density at radius 2 is 1.22 bits per heavy atom. The van der Waals surface area contributed by atoms with E-state index in [4.69, 9.17) is 0 Å². The molecule has 0 unspecified atom stereocenters. The summed E-state index contributed by atoms with van der Waals surface area (Å²) in [7, 11) is -4.52. The maximum Gasteiger partial charge on any atom is 0.303 e. The first-order valence-electron chi connectivity index (χ1n) is 5.58. The van der Waals surface area contributed by atoms with Gasteiger partial charge in [-0.2, -0.15) is 8.42 Å². The fourth-order valence-electron chi connectivity index (χ4n) is 1.95. The molecule has 0 heterocycles. The molecule has 0 aliphatic heterocycles. The minimum absolute atomic E-state index is 0.470. The third kappa shape index (κ3) is 3.40. The lowest BCUT2D eigenvalue weighted by molar-refractivity contribution is 0.548. The average molecular weight is 264 g/mol. The molecular formula is C14H13FO2S. The van der Waals surface area contributed by atoms with Crippen LogP contribution in [0.5, 0.6) is 0 Å². The van der Waals surface area contributed by atoms with Crippen molar-refractivity contribution in [2.45, 2.75) is 5.92 Å². The lowest BCUT2D eigenvalue weighted by atomic mass is 9.93. The molecule has 2 aromatic rings. The second kappa shape index (κ2) is 5.31. The Bertz CT molecular complexity index is 555. The molecule has 0 N–H and O–H groups in total. The Kier molecular flexibility index (Phi) is 3.77. The molecule has 0 fully saturated rings. The van der Waals surface area contributed by atoms with Gasteiger partial charge in [0.15, 0.2) is 0 Å². The molecule has 0 aliphatic carbocycles. The third-order valence-corrected chi connectivity index (χ3v) is 3.50. The van der Waals surface area contributed by atoms with Crippen molar-refractivity contribution in [3.05, 3.63) is 71.8 Å². The van der Waals surface area contributed by atoms with Gasteiger partial charge in [-0.15, -0.1) is 3.89 Å². The van der Waals surface area contributed by atoms with Gasteiger partial charge in [0.2, 0.25) is 0 Å². The Hall–Kier alpha value is -1.68. The quantitative estimate of drug-likeness (QED) is 0.795. The van der Waals surface area contributed by atoms with Gasteiger partial charge in [0.05, 0.1) is 5.75 Å². The molecule has 4 heteroatoms. The maximum absolute atomic E-state index is 13.0. The molecule has 0 saturated heterocycles. The molecule has 0 atom stereocenters. The molecular weight excluding hydrogens is 251 g/mol.